The van der Waals surface area contributed by atoms with Crippen molar-refractivity contribution in [3.05, 3.63) is 155 Å². The van der Waals surface area contributed by atoms with Gasteiger partial charge >= 0.3 is 0 Å². The van der Waals surface area contributed by atoms with Crippen molar-refractivity contribution in [3.63, 3.8) is 0 Å². The summed E-state index contributed by atoms with van der Waals surface area (Å²) >= 11 is 0. The van der Waals surface area contributed by atoms with Gasteiger partial charge in [-0.05, 0) is 121 Å². The summed E-state index contributed by atoms with van der Waals surface area (Å²) in [5, 5.41) is 53.3. The second kappa shape index (κ2) is 18.7. The van der Waals surface area contributed by atoms with Crippen LogP contribution in [0.3, 0.4) is 0 Å². The molecular weight excluding hydrogens is 897 g/mol. The molecule has 0 aliphatic carbocycles. The lowest BCUT2D eigenvalue weighted by molar-refractivity contribution is 0.0996. The highest BCUT2D eigenvalue weighted by Crippen LogP contribution is 2.43. The quantitative estimate of drug-likeness (QED) is 0.0536. The number of aryl methyl sites for hydroxylation is 2. The number of amides is 1. The summed E-state index contributed by atoms with van der Waals surface area (Å²) in [5.74, 6) is -1.21. The molecule has 0 spiro atoms. The number of rotatable bonds is 13. The number of furan rings is 1. The zero-order valence-electron chi connectivity index (χ0n) is 35.8. The van der Waals surface area contributed by atoms with Crippen LogP contribution in [0.5, 0.6) is 11.5 Å². The number of sulfonamides is 2. The summed E-state index contributed by atoms with van der Waals surface area (Å²) < 4.78 is 72.2. The molecule has 8 rings (SSSR count). The third-order valence-corrected chi connectivity index (χ3v) is 13.8. The molecule has 0 unspecified atom stereocenters. The molecule has 1 aliphatic heterocycles. The minimum atomic E-state index is -4.41. The number of nitrogens with one attached hydrogen (secondary N) is 3. The Morgan fingerprint density at radius 3 is 2.28 bits per heavy atom. The first-order valence-electron chi connectivity index (χ1n) is 20.5. The second-order valence-corrected chi connectivity index (χ2v) is 18.8. The molecule has 1 aliphatic rings. The van der Waals surface area contributed by atoms with E-state index < -0.39 is 26.0 Å². The Balaban J connectivity index is 1.13. The maximum atomic E-state index is 14.1. The highest BCUT2D eigenvalue weighted by Gasteiger charge is 2.27. The van der Waals surface area contributed by atoms with Crippen molar-refractivity contribution < 1.29 is 41.0 Å². The average Bonchev–Trinajstić information content (AvgIpc) is 3.87. The van der Waals surface area contributed by atoms with E-state index in [1.807, 2.05) is 17.0 Å². The average molecular weight is 937 g/mol. The first kappa shape index (κ1) is 45.3. The van der Waals surface area contributed by atoms with E-state index in [0.29, 0.717) is 48.5 Å². The molecule has 19 heteroatoms. The van der Waals surface area contributed by atoms with Gasteiger partial charge in [-0.1, -0.05) is 30.3 Å². The third kappa shape index (κ3) is 9.75. The molecule has 1 fully saturated rings. The molecule has 7 aromatic rings. The van der Waals surface area contributed by atoms with Gasteiger partial charge in [0.1, 0.15) is 28.5 Å². The van der Waals surface area contributed by atoms with Crippen molar-refractivity contribution in [3.8, 4) is 23.6 Å². The van der Waals surface area contributed by atoms with Crippen molar-refractivity contribution >= 4 is 70.9 Å². The first-order valence-corrected chi connectivity index (χ1v) is 23.5. The highest BCUT2D eigenvalue weighted by atomic mass is 32.2. The van der Waals surface area contributed by atoms with E-state index in [-0.39, 0.29) is 78.4 Å². The third-order valence-electron chi connectivity index (χ3n) is 11.0. The summed E-state index contributed by atoms with van der Waals surface area (Å²) in [6, 6.07) is 31.1. The molecule has 67 heavy (non-hydrogen) atoms. The van der Waals surface area contributed by atoms with Crippen LogP contribution in [0.1, 0.15) is 43.9 Å². The minimum Gasteiger partial charge on any atom is -0.506 e. The molecule has 0 saturated carbocycles. The van der Waals surface area contributed by atoms with Gasteiger partial charge in [0, 0.05) is 23.9 Å². The van der Waals surface area contributed by atoms with Crippen LogP contribution in [-0.4, -0.2) is 59.3 Å². The number of anilines is 4. The Morgan fingerprint density at radius 2 is 1.54 bits per heavy atom. The summed E-state index contributed by atoms with van der Waals surface area (Å²) in [7, 11) is -8.76. The van der Waals surface area contributed by atoms with Gasteiger partial charge in [-0.25, -0.2) is 16.8 Å². The van der Waals surface area contributed by atoms with Crippen molar-refractivity contribution in [2.45, 2.75) is 30.1 Å². The molecule has 6 aromatic carbocycles. The van der Waals surface area contributed by atoms with Crippen LogP contribution < -0.4 is 19.7 Å². The Labute approximate surface area is 385 Å². The van der Waals surface area contributed by atoms with Gasteiger partial charge in [-0.2, -0.15) is 15.6 Å². The van der Waals surface area contributed by atoms with Crippen LogP contribution in [0.15, 0.2) is 140 Å². The minimum absolute atomic E-state index is 0.00943. The van der Waals surface area contributed by atoms with Crippen LogP contribution in [0.2, 0.25) is 0 Å². The monoisotopic (exact) mass is 936 g/mol. The number of carbonyl (C=O) groups is 1. The number of benzene rings is 6. The van der Waals surface area contributed by atoms with Crippen molar-refractivity contribution in [2.24, 2.45) is 10.2 Å². The zero-order chi connectivity index (χ0) is 47.5. The van der Waals surface area contributed by atoms with E-state index in [2.05, 4.69) is 25.0 Å². The molecule has 17 nitrogen and oxygen atoms in total. The Kier molecular flexibility index (Phi) is 12.7. The van der Waals surface area contributed by atoms with Gasteiger partial charge in [0.2, 0.25) is 0 Å². The maximum Gasteiger partial charge on any atom is 0.291 e. The second-order valence-electron chi connectivity index (χ2n) is 15.5. The van der Waals surface area contributed by atoms with E-state index in [1.165, 1.54) is 85.1 Å². The summed E-state index contributed by atoms with van der Waals surface area (Å²) in [6.45, 7) is 5.06. The topological polar surface area (TPSA) is 260 Å². The number of aromatic hydroxyl groups is 2. The van der Waals surface area contributed by atoms with E-state index in [0.717, 1.165) is 11.1 Å². The van der Waals surface area contributed by atoms with E-state index in [9.17, 15) is 42.4 Å². The van der Waals surface area contributed by atoms with Gasteiger partial charge in [0.05, 0.1) is 69.6 Å². The number of carbonyl (C=O) groups excluding carboxylic acids is 1. The fourth-order valence-corrected chi connectivity index (χ4v) is 9.97. The summed E-state index contributed by atoms with van der Waals surface area (Å²) in [4.78, 5) is 14.5. The lowest BCUT2D eigenvalue weighted by atomic mass is 9.96. The summed E-state index contributed by atoms with van der Waals surface area (Å²) in [6.07, 6.45) is 1.45. The number of phenols is 2. The number of azo groups is 1. The molecule has 0 radical (unpaired) electrons. The van der Waals surface area contributed by atoms with E-state index in [1.54, 1.807) is 44.2 Å². The molecule has 338 valence electrons. The van der Waals surface area contributed by atoms with Gasteiger partial charge in [0.15, 0.2) is 5.76 Å². The highest BCUT2D eigenvalue weighted by molar-refractivity contribution is 7.93. The number of fused-ring (bicyclic) bond motifs is 1. The maximum absolute atomic E-state index is 14.1. The van der Waals surface area contributed by atoms with Gasteiger partial charge in [-0.15, -0.1) is 5.11 Å². The lowest BCUT2D eigenvalue weighted by Crippen LogP contribution is -2.37. The molecule has 0 atom stereocenters. The fourth-order valence-electron chi connectivity index (χ4n) is 7.53. The molecule has 1 amide bonds. The van der Waals surface area contributed by atoms with Crippen LogP contribution in [0.4, 0.5) is 34.1 Å². The van der Waals surface area contributed by atoms with Gasteiger partial charge in [-0.3, -0.25) is 14.2 Å². The van der Waals surface area contributed by atoms with Crippen LogP contribution in [0, 0.1) is 36.5 Å². The predicted octanol–water partition coefficient (Wildman–Crippen LogP) is 8.90. The molecule has 1 aromatic heterocycles. The van der Waals surface area contributed by atoms with Gasteiger partial charge in [0.25, 0.3) is 26.0 Å². The number of nitriles is 2. The molecule has 2 heterocycles. The number of nitrogens with zero attached hydrogens (tertiary/aromatic N) is 5. The normalized spacial score (nSPS) is 13.0. The van der Waals surface area contributed by atoms with Crippen LogP contribution >= 0.6 is 0 Å². The standard InChI is InChI=1S/C48H40N8O9S2/c1-29-20-39(43(57)21-30(29)2)55-67(62,63)45-25-36(13-14-42(45)56-15-18-64-19-16-56)54-66(60,61)37-8-3-6-31(23-37)22-32-7-4-9-38-46(32)40(53-52-35-12-11-33(27-49)34(24-35)28-50)26-41(47(38)58)51-48(59)44-10-5-17-65-44/h3-14,17,20-21,23-26,54-55,57-58H,15-16,18-19,22H2,1-2H3,(H,51,59). The molecule has 1 saturated heterocycles. The lowest BCUT2D eigenvalue weighted by Gasteiger charge is -2.30. The first-order chi connectivity index (χ1) is 32.1. The van der Waals surface area contributed by atoms with E-state index >= 15 is 0 Å². The predicted molar refractivity (Wildman–Crippen MR) is 250 cm³/mol. The van der Waals surface area contributed by atoms with E-state index in [4.69, 9.17) is 9.15 Å². The largest absolute Gasteiger partial charge is 0.506 e. The number of hydrogen-bond acceptors (Lipinski definition) is 14. The number of morpholine rings is 1. The molecule has 0 bridgehead atoms. The Hall–Kier alpha value is -8.23. The Morgan fingerprint density at radius 1 is 0.776 bits per heavy atom. The zero-order valence-corrected chi connectivity index (χ0v) is 37.4. The number of hydrogen-bond donors (Lipinski definition) is 5. The fraction of sp³-hybridized carbons (Fsp3) is 0.146. The van der Waals surface area contributed by atoms with Crippen molar-refractivity contribution in [1.82, 2.24) is 0 Å². The SMILES string of the molecule is Cc1cc(O)c(NS(=O)(=O)c2cc(NS(=O)(=O)c3cccc(Cc4cccc5c(O)c(NC(=O)c6ccco6)cc(N=Nc6ccc(C#N)c(C#N)c6)c45)c3)ccc2N2CCOCC2)cc1C. The number of phenolic OH excluding ortho intramolecular Hbond substituents is 2. The van der Waals surface area contributed by atoms with Crippen molar-refractivity contribution in [1.29, 1.82) is 10.5 Å². The van der Waals surface area contributed by atoms with Gasteiger partial charge < -0.3 is 29.6 Å². The molecular formula is C48H40N8O9S2. The van der Waals surface area contributed by atoms with Crippen LogP contribution in [0.25, 0.3) is 10.8 Å². The van der Waals surface area contributed by atoms with Crippen LogP contribution in [-0.2, 0) is 31.2 Å². The number of ether oxygens (including phenoxy) is 1. The Bertz CT molecular complexity index is 3430. The summed E-state index contributed by atoms with van der Waals surface area (Å²) in [5.41, 5.74) is 3.55. The van der Waals surface area contributed by atoms with Crippen molar-refractivity contribution in [2.75, 3.05) is 46.0 Å². The molecule has 5 N–H and O–H groups in total. The smallest absolute Gasteiger partial charge is 0.291 e.